The molecular formula is C20H22O2. The summed E-state index contributed by atoms with van der Waals surface area (Å²) in [6.45, 7) is 4.08. The van der Waals surface area contributed by atoms with Crippen molar-refractivity contribution in [2.24, 2.45) is 0 Å². The topological polar surface area (TPSA) is 29.5 Å². The van der Waals surface area contributed by atoms with Gasteiger partial charge in [-0.15, -0.1) is 0 Å². The fourth-order valence-corrected chi connectivity index (χ4v) is 2.20. The molecule has 0 spiro atoms. The molecule has 114 valence electrons. The van der Waals surface area contributed by atoms with Crippen molar-refractivity contribution >= 4 is 12.2 Å². The first kappa shape index (κ1) is 15.9. The molecule has 0 fully saturated rings. The van der Waals surface area contributed by atoms with Gasteiger partial charge >= 0.3 is 0 Å². The molecule has 0 saturated heterocycles. The highest BCUT2D eigenvalue weighted by Gasteiger charge is 2.09. The van der Waals surface area contributed by atoms with Gasteiger partial charge in [0, 0.05) is 5.56 Å². The second-order valence-electron chi connectivity index (χ2n) is 5.45. The van der Waals surface area contributed by atoms with Gasteiger partial charge in [0.2, 0.25) is 0 Å². The monoisotopic (exact) mass is 294 g/mol. The zero-order valence-electron chi connectivity index (χ0n) is 13.3. The van der Waals surface area contributed by atoms with Crippen LogP contribution in [0.15, 0.2) is 54.1 Å². The van der Waals surface area contributed by atoms with Crippen LogP contribution >= 0.6 is 0 Å². The average Bonchev–Trinajstić information content (AvgIpc) is 2.52. The minimum absolute atomic E-state index is 0.268. The molecule has 0 saturated carbocycles. The van der Waals surface area contributed by atoms with Crippen molar-refractivity contribution in [2.45, 2.75) is 20.3 Å². The lowest BCUT2D eigenvalue weighted by molar-refractivity contribution is 0.401. The third kappa shape index (κ3) is 4.26. The Morgan fingerprint density at radius 3 is 2.36 bits per heavy atom. The van der Waals surface area contributed by atoms with E-state index in [1.54, 1.807) is 13.2 Å². The van der Waals surface area contributed by atoms with E-state index in [0.717, 1.165) is 16.7 Å². The Morgan fingerprint density at radius 1 is 1.05 bits per heavy atom. The summed E-state index contributed by atoms with van der Waals surface area (Å²) in [6, 6.07) is 13.8. The Kier molecular flexibility index (Phi) is 5.42. The van der Waals surface area contributed by atoms with Gasteiger partial charge in [-0.3, -0.25) is 0 Å². The number of allylic oxidation sites excluding steroid dienone is 2. The summed E-state index contributed by atoms with van der Waals surface area (Å²) in [5.41, 5.74) is 4.07. The van der Waals surface area contributed by atoms with Crippen LogP contribution in [0.4, 0.5) is 0 Å². The van der Waals surface area contributed by atoms with Crippen molar-refractivity contribution in [2.75, 3.05) is 7.11 Å². The molecular weight excluding hydrogens is 272 g/mol. The predicted molar refractivity (Wildman–Crippen MR) is 93.2 cm³/mol. The Balaban J connectivity index is 2.29. The van der Waals surface area contributed by atoms with E-state index in [2.05, 4.69) is 6.08 Å². The number of methoxy groups -OCH3 is 1. The van der Waals surface area contributed by atoms with Gasteiger partial charge in [-0.25, -0.2) is 0 Å². The molecule has 0 unspecified atom stereocenters. The molecule has 0 amide bonds. The first-order valence-electron chi connectivity index (χ1n) is 7.36. The third-order valence-electron chi connectivity index (χ3n) is 3.41. The number of hydrogen-bond acceptors (Lipinski definition) is 2. The molecule has 0 aliphatic carbocycles. The van der Waals surface area contributed by atoms with Crippen LogP contribution in [-0.2, 0) is 6.42 Å². The summed E-state index contributed by atoms with van der Waals surface area (Å²) in [7, 11) is 1.63. The zero-order chi connectivity index (χ0) is 15.9. The molecule has 0 bridgehead atoms. The van der Waals surface area contributed by atoms with Crippen LogP contribution in [0.5, 0.6) is 11.5 Å². The minimum atomic E-state index is 0.268. The van der Waals surface area contributed by atoms with Crippen molar-refractivity contribution < 1.29 is 9.84 Å². The fraction of sp³-hybridized carbons (Fsp3) is 0.200. The maximum Gasteiger partial charge on any atom is 0.126 e. The molecule has 22 heavy (non-hydrogen) atoms. The van der Waals surface area contributed by atoms with Gasteiger partial charge in [0.15, 0.2) is 0 Å². The van der Waals surface area contributed by atoms with Crippen LogP contribution in [0.25, 0.3) is 12.2 Å². The molecule has 2 heteroatoms. The van der Waals surface area contributed by atoms with Gasteiger partial charge in [0.1, 0.15) is 11.5 Å². The SMILES string of the molecule is COc1cc(/C=C\c2ccccc2)cc(O)c1CC=C(C)C. The average molecular weight is 294 g/mol. The van der Waals surface area contributed by atoms with E-state index in [1.807, 2.05) is 62.4 Å². The van der Waals surface area contributed by atoms with Crippen LogP contribution in [0.1, 0.15) is 30.5 Å². The van der Waals surface area contributed by atoms with Crippen LogP contribution in [0.2, 0.25) is 0 Å². The van der Waals surface area contributed by atoms with Gasteiger partial charge < -0.3 is 9.84 Å². The van der Waals surface area contributed by atoms with E-state index >= 15 is 0 Å². The molecule has 1 N–H and O–H groups in total. The van der Waals surface area contributed by atoms with E-state index in [0.29, 0.717) is 12.2 Å². The van der Waals surface area contributed by atoms with Gasteiger partial charge in [-0.05, 0) is 43.5 Å². The largest absolute Gasteiger partial charge is 0.507 e. The lowest BCUT2D eigenvalue weighted by atomic mass is 10.0. The number of hydrogen-bond donors (Lipinski definition) is 1. The molecule has 2 rings (SSSR count). The summed E-state index contributed by atoms with van der Waals surface area (Å²) in [6.07, 6.45) is 6.74. The molecule has 2 aromatic carbocycles. The van der Waals surface area contributed by atoms with Gasteiger partial charge in [-0.2, -0.15) is 0 Å². The number of rotatable bonds is 5. The summed E-state index contributed by atoms with van der Waals surface area (Å²) in [4.78, 5) is 0. The van der Waals surface area contributed by atoms with Crippen molar-refractivity contribution in [3.8, 4) is 11.5 Å². The highest BCUT2D eigenvalue weighted by molar-refractivity contribution is 5.71. The van der Waals surface area contributed by atoms with Gasteiger partial charge in [0.25, 0.3) is 0 Å². The van der Waals surface area contributed by atoms with E-state index in [1.165, 1.54) is 5.57 Å². The van der Waals surface area contributed by atoms with Crippen molar-refractivity contribution in [3.63, 3.8) is 0 Å². The number of benzene rings is 2. The highest BCUT2D eigenvalue weighted by Crippen LogP contribution is 2.31. The Morgan fingerprint density at radius 2 is 1.73 bits per heavy atom. The lowest BCUT2D eigenvalue weighted by Gasteiger charge is -2.10. The summed E-state index contributed by atoms with van der Waals surface area (Å²) in [5, 5.41) is 10.3. The standard InChI is InChI=1S/C20H22O2/c1-15(2)9-12-18-19(21)13-17(14-20(18)22-3)11-10-16-7-5-4-6-8-16/h4-11,13-14,21H,12H2,1-3H3/b11-10-. The third-order valence-corrected chi connectivity index (χ3v) is 3.41. The molecule has 2 nitrogen and oxygen atoms in total. The Labute approximate surface area is 132 Å². The lowest BCUT2D eigenvalue weighted by Crippen LogP contribution is -1.93. The predicted octanol–water partition coefficient (Wildman–Crippen LogP) is 5.08. The maximum absolute atomic E-state index is 10.3. The number of ether oxygens (including phenoxy) is 1. The molecule has 0 heterocycles. The van der Waals surface area contributed by atoms with Crippen LogP contribution < -0.4 is 4.74 Å². The fourth-order valence-electron chi connectivity index (χ4n) is 2.20. The van der Waals surface area contributed by atoms with Crippen molar-refractivity contribution in [1.82, 2.24) is 0 Å². The molecule has 0 radical (unpaired) electrons. The number of aromatic hydroxyl groups is 1. The first-order chi connectivity index (χ1) is 10.6. The maximum atomic E-state index is 10.3. The van der Waals surface area contributed by atoms with Crippen molar-refractivity contribution in [3.05, 3.63) is 70.8 Å². The van der Waals surface area contributed by atoms with Gasteiger partial charge in [0.05, 0.1) is 7.11 Å². The highest BCUT2D eigenvalue weighted by atomic mass is 16.5. The minimum Gasteiger partial charge on any atom is -0.507 e. The van der Waals surface area contributed by atoms with E-state index in [-0.39, 0.29) is 5.75 Å². The Hall–Kier alpha value is -2.48. The van der Waals surface area contributed by atoms with Crippen LogP contribution in [0, 0.1) is 0 Å². The first-order valence-corrected chi connectivity index (χ1v) is 7.36. The summed E-state index contributed by atoms with van der Waals surface area (Å²) in [5.74, 6) is 0.981. The molecule has 0 aromatic heterocycles. The van der Waals surface area contributed by atoms with E-state index < -0.39 is 0 Å². The molecule has 0 aliphatic rings. The molecule has 2 aromatic rings. The second-order valence-corrected chi connectivity index (χ2v) is 5.45. The molecule has 0 atom stereocenters. The van der Waals surface area contributed by atoms with Gasteiger partial charge in [-0.1, -0.05) is 54.1 Å². The number of phenols is 1. The Bertz CT molecular complexity index is 678. The summed E-state index contributed by atoms with van der Waals surface area (Å²) >= 11 is 0. The normalized spacial score (nSPS) is 10.7. The second kappa shape index (κ2) is 7.51. The quantitative estimate of drug-likeness (QED) is 0.615. The molecule has 0 aliphatic heterocycles. The van der Waals surface area contributed by atoms with E-state index in [4.69, 9.17) is 4.74 Å². The van der Waals surface area contributed by atoms with E-state index in [9.17, 15) is 5.11 Å². The zero-order valence-corrected chi connectivity index (χ0v) is 13.3. The van der Waals surface area contributed by atoms with Crippen LogP contribution in [0.3, 0.4) is 0 Å². The summed E-state index contributed by atoms with van der Waals surface area (Å²) < 4.78 is 5.43. The number of phenolic OH excluding ortho intramolecular Hbond substituents is 1. The van der Waals surface area contributed by atoms with Crippen molar-refractivity contribution in [1.29, 1.82) is 0 Å². The smallest absolute Gasteiger partial charge is 0.126 e. The van der Waals surface area contributed by atoms with Crippen LogP contribution in [-0.4, -0.2) is 12.2 Å².